The minimum absolute atomic E-state index is 0.00156. The molecule has 0 radical (unpaired) electrons. The Hall–Kier alpha value is -5.02. The second kappa shape index (κ2) is 10.7. The van der Waals surface area contributed by atoms with Crippen molar-refractivity contribution in [3.63, 3.8) is 0 Å². The van der Waals surface area contributed by atoms with E-state index in [1.165, 1.54) is 0 Å². The first kappa shape index (κ1) is 26.9. The van der Waals surface area contributed by atoms with E-state index in [2.05, 4.69) is 16.0 Å². The fraction of sp³-hybridized carbons (Fsp3) is 0.344. The van der Waals surface area contributed by atoms with Gasteiger partial charge in [-0.25, -0.2) is 4.68 Å². The van der Waals surface area contributed by atoms with Crippen molar-refractivity contribution in [2.24, 2.45) is 11.8 Å². The standard InChI is InChI=1S/C32H29N3O8/c1-38-26-10-18(11-27(39-2)31(26)40-3)28-20-12-24-25(43-16-42-24)13-21(20)30(22-15-41-32(37)29(22)28)35-14-19(33-34-35)8-9-23(36)17-6-4-5-7-17/h4-6,10-14,22,28-30H,8-9,15-16H2,1-3H3/t22-,28+,29-,30+/m0/s1. The maximum Gasteiger partial charge on any atom is 0.310 e. The molecule has 2 aliphatic carbocycles. The van der Waals surface area contributed by atoms with Gasteiger partial charge in [0.1, 0.15) is 0 Å². The summed E-state index contributed by atoms with van der Waals surface area (Å²) in [5.74, 6) is 1.14. The summed E-state index contributed by atoms with van der Waals surface area (Å²) in [5, 5.41) is 8.87. The number of ketones is 1. The summed E-state index contributed by atoms with van der Waals surface area (Å²) in [6, 6.07) is 7.27. The van der Waals surface area contributed by atoms with Crippen LogP contribution in [0, 0.1) is 11.8 Å². The van der Waals surface area contributed by atoms with Gasteiger partial charge in [-0.2, -0.15) is 0 Å². The second-order valence-corrected chi connectivity index (χ2v) is 10.7. The molecule has 0 bridgehead atoms. The molecule has 2 aliphatic heterocycles. The van der Waals surface area contributed by atoms with Crippen LogP contribution in [-0.2, 0) is 20.7 Å². The molecule has 0 saturated carbocycles. The third kappa shape index (κ3) is 4.44. The van der Waals surface area contributed by atoms with E-state index in [0.29, 0.717) is 46.4 Å². The van der Waals surface area contributed by atoms with E-state index >= 15 is 0 Å². The summed E-state index contributed by atoms with van der Waals surface area (Å²) in [6.45, 7) is 0.318. The molecule has 1 fully saturated rings. The van der Waals surface area contributed by atoms with E-state index in [9.17, 15) is 9.59 Å². The summed E-state index contributed by atoms with van der Waals surface area (Å²) >= 11 is 0. The number of rotatable bonds is 9. The van der Waals surface area contributed by atoms with Crippen molar-refractivity contribution in [1.82, 2.24) is 15.0 Å². The number of Topliss-reactive ketones (excluding diaryl/α,β-unsaturated/α-hetero) is 1. The van der Waals surface area contributed by atoms with Crippen molar-refractivity contribution in [2.75, 3.05) is 34.7 Å². The Morgan fingerprint density at radius 2 is 1.77 bits per heavy atom. The number of esters is 1. The molecule has 0 unspecified atom stereocenters. The molecule has 3 aromatic rings. The summed E-state index contributed by atoms with van der Waals surface area (Å²) in [4.78, 5) is 26.0. The largest absolute Gasteiger partial charge is 0.493 e. The fourth-order valence-electron chi connectivity index (χ4n) is 6.60. The molecule has 7 rings (SSSR count). The second-order valence-electron chi connectivity index (χ2n) is 10.7. The Morgan fingerprint density at radius 3 is 2.44 bits per heavy atom. The SMILES string of the molecule is COc1cc([C@@H]2c3cc4c(cc3[C@@H](n3cc(CCC(=O)C5=C=CC=C5)nn3)[C@H]3COC(=O)[C@H]23)OCO4)cc(OC)c1OC. The quantitative estimate of drug-likeness (QED) is 0.272. The molecule has 4 aliphatic rings. The Labute approximate surface area is 247 Å². The van der Waals surface area contributed by atoms with Gasteiger partial charge >= 0.3 is 5.97 Å². The number of methoxy groups -OCH3 is 3. The number of fused-ring (bicyclic) bond motifs is 3. The van der Waals surface area contributed by atoms with Gasteiger partial charge in [0.2, 0.25) is 12.5 Å². The number of nitrogens with zero attached hydrogens (tertiary/aromatic N) is 3. The Balaban J connectivity index is 1.32. The van der Waals surface area contributed by atoms with Crippen molar-refractivity contribution in [3.05, 3.63) is 82.4 Å². The third-order valence-corrected chi connectivity index (χ3v) is 8.54. The molecule has 2 aromatic carbocycles. The highest BCUT2D eigenvalue weighted by molar-refractivity contribution is 5.98. The zero-order valence-electron chi connectivity index (χ0n) is 23.9. The van der Waals surface area contributed by atoms with Gasteiger partial charge < -0.3 is 28.4 Å². The highest BCUT2D eigenvalue weighted by Gasteiger charge is 2.53. The van der Waals surface area contributed by atoms with Gasteiger partial charge in [-0.3, -0.25) is 9.59 Å². The number of allylic oxidation sites excluding steroid dienone is 3. The van der Waals surface area contributed by atoms with Gasteiger partial charge in [0.05, 0.1) is 51.2 Å². The molecule has 1 saturated heterocycles. The highest BCUT2D eigenvalue weighted by atomic mass is 16.7. The first-order valence-electron chi connectivity index (χ1n) is 14.0. The van der Waals surface area contributed by atoms with Crippen LogP contribution in [0.25, 0.3) is 0 Å². The first-order valence-corrected chi connectivity index (χ1v) is 14.0. The summed E-state index contributed by atoms with van der Waals surface area (Å²) in [5.41, 5.74) is 6.79. The monoisotopic (exact) mass is 583 g/mol. The number of hydrogen-bond donors (Lipinski definition) is 0. The Bertz CT molecular complexity index is 1710. The fourth-order valence-corrected chi connectivity index (χ4v) is 6.60. The van der Waals surface area contributed by atoms with Crippen LogP contribution in [0.15, 0.2) is 60.0 Å². The minimum Gasteiger partial charge on any atom is -0.493 e. The van der Waals surface area contributed by atoms with Crippen molar-refractivity contribution in [1.29, 1.82) is 0 Å². The number of benzene rings is 2. The predicted octanol–water partition coefficient (Wildman–Crippen LogP) is 3.71. The van der Waals surface area contributed by atoms with Crippen LogP contribution in [0.3, 0.4) is 0 Å². The lowest BCUT2D eigenvalue weighted by molar-refractivity contribution is -0.141. The highest BCUT2D eigenvalue weighted by Crippen LogP contribution is 2.56. The zero-order chi connectivity index (χ0) is 29.7. The topological polar surface area (TPSA) is 120 Å². The molecule has 3 heterocycles. The summed E-state index contributed by atoms with van der Waals surface area (Å²) < 4.78 is 35.9. The maximum absolute atomic E-state index is 13.5. The number of aromatic nitrogens is 3. The molecule has 1 aromatic heterocycles. The molecule has 11 nitrogen and oxygen atoms in total. The van der Waals surface area contributed by atoms with Crippen LogP contribution in [-0.4, -0.2) is 61.5 Å². The lowest BCUT2D eigenvalue weighted by Crippen LogP contribution is -2.37. The Morgan fingerprint density at radius 1 is 1.02 bits per heavy atom. The van der Waals surface area contributed by atoms with Crippen LogP contribution < -0.4 is 23.7 Å². The Kier molecular flexibility index (Phi) is 6.66. The van der Waals surface area contributed by atoms with E-state index < -0.39 is 11.8 Å². The molecule has 220 valence electrons. The normalized spacial score (nSPS) is 22.6. The lowest BCUT2D eigenvalue weighted by Gasteiger charge is -2.39. The number of carbonyl (C=O) groups is 2. The molecule has 11 heteroatoms. The van der Waals surface area contributed by atoms with E-state index in [-0.39, 0.29) is 43.5 Å². The zero-order valence-corrected chi connectivity index (χ0v) is 23.9. The molecule has 0 spiro atoms. The van der Waals surface area contributed by atoms with Crippen LogP contribution in [0.4, 0.5) is 0 Å². The van der Waals surface area contributed by atoms with Crippen molar-refractivity contribution < 1.29 is 38.0 Å². The average molecular weight is 584 g/mol. The molecular formula is C32H29N3O8. The van der Waals surface area contributed by atoms with E-state index in [1.54, 1.807) is 44.2 Å². The molecular weight excluding hydrogens is 554 g/mol. The molecule has 4 atom stereocenters. The van der Waals surface area contributed by atoms with Gasteiger partial charge in [-0.05, 0) is 53.1 Å². The number of ether oxygens (including phenoxy) is 6. The molecule has 43 heavy (non-hydrogen) atoms. The number of aryl methyl sites for hydroxylation is 1. The maximum atomic E-state index is 13.5. The van der Waals surface area contributed by atoms with Gasteiger partial charge in [0, 0.05) is 30.9 Å². The first-order chi connectivity index (χ1) is 21.0. The van der Waals surface area contributed by atoms with E-state index in [0.717, 1.165) is 16.7 Å². The van der Waals surface area contributed by atoms with Gasteiger partial charge in [-0.1, -0.05) is 11.3 Å². The predicted molar refractivity (Wildman–Crippen MR) is 151 cm³/mol. The van der Waals surface area contributed by atoms with Crippen LogP contribution in [0.2, 0.25) is 0 Å². The van der Waals surface area contributed by atoms with Crippen molar-refractivity contribution >= 4 is 11.8 Å². The summed E-state index contributed by atoms with van der Waals surface area (Å²) in [7, 11) is 4.67. The molecule has 0 N–H and O–H groups in total. The van der Waals surface area contributed by atoms with Crippen LogP contribution in [0.5, 0.6) is 28.7 Å². The smallest absolute Gasteiger partial charge is 0.310 e. The summed E-state index contributed by atoms with van der Waals surface area (Å²) in [6.07, 6.45) is 7.83. The number of hydrogen-bond acceptors (Lipinski definition) is 10. The van der Waals surface area contributed by atoms with Gasteiger partial charge in [-0.15, -0.1) is 10.8 Å². The lowest BCUT2D eigenvalue weighted by atomic mass is 9.65. The van der Waals surface area contributed by atoms with Crippen molar-refractivity contribution in [2.45, 2.75) is 24.8 Å². The van der Waals surface area contributed by atoms with Crippen molar-refractivity contribution in [3.8, 4) is 28.7 Å². The number of cyclic esters (lactones) is 1. The average Bonchev–Trinajstić information content (AvgIpc) is 3.85. The molecule has 0 amide bonds. The van der Waals surface area contributed by atoms with E-state index in [1.807, 2.05) is 30.5 Å². The van der Waals surface area contributed by atoms with Crippen LogP contribution >= 0.6 is 0 Å². The van der Waals surface area contributed by atoms with Gasteiger partial charge in [0.25, 0.3) is 0 Å². The van der Waals surface area contributed by atoms with Crippen LogP contribution in [0.1, 0.15) is 40.8 Å². The third-order valence-electron chi connectivity index (χ3n) is 8.54. The number of carbonyl (C=O) groups excluding carboxylic acids is 2. The minimum atomic E-state index is -0.539. The van der Waals surface area contributed by atoms with Gasteiger partial charge in [0.15, 0.2) is 28.8 Å². The van der Waals surface area contributed by atoms with E-state index in [4.69, 9.17) is 28.4 Å².